The predicted molar refractivity (Wildman–Crippen MR) is 632 cm³/mol. The first-order valence-corrected chi connectivity index (χ1v) is 52.4. The van der Waals surface area contributed by atoms with Gasteiger partial charge < -0.3 is 18.1 Å². The zero-order valence-corrected chi connectivity index (χ0v) is 82.1. The first-order chi connectivity index (χ1) is 74.4. The number of benzene rings is 24. The highest BCUT2D eigenvalue weighted by Crippen LogP contribution is 2.50. The third-order valence-corrected chi connectivity index (χ3v) is 32.9. The highest BCUT2D eigenvalue weighted by atomic mass is 32.1. The van der Waals surface area contributed by atoms with Crippen LogP contribution < -0.4 is 0 Å². The van der Waals surface area contributed by atoms with Crippen molar-refractivity contribution in [3.8, 4) is 85.0 Å². The van der Waals surface area contributed by atoms with Gasteiger partial charge in [-0.2, -0.15) is 0 Å². The van der Waals surface area contributed by atoms with Crippen molar-refractivity contribution in [2.45, 2.75) is 0 Å². The summed E-state index contributed by atoms with van der Waals surface area (Å²) in [4.78, 5) is 31.4. The predicted octanol–water partition coefficient (Wildman–Crippen LogP) is 37.7. The van der Waals surface area contributed by atoms with Crippen molar-refractivity contribution in [3.05, 3.63) is 491 Å². The zero-order valence-electron chi connectivity index (χ0n) is 80.5. The van der Waals surface area contributed by atoms with Crippen LogP contribution in [0.15, 0.2) is 496 Å². The fourth-order valence-electron chi connectivity index (χ4n) is 23.8. The van der Waals surface area contributed by atoms with E-state index in [-0.39, 0.29) is 0 Å². The van der Waals surface area contributed by atoms with Gasteiger partial charge in [-0.25, -0.2) is 29.9 Å². The van der Waals surface area contributed by atoms with E-state index in [9.17, 15) is 0 Å². The van der Waals surface area contributed by atoms with Gasteiger partial charge in [-0.05, 0) is 204 Å². The van der Waals surface area contributed by atoms with Crippen LogP contribution in [0.1, 0.15) is 0 Å². The smallest absolute Gasteiger partial charge is 0.160 e. The van der Waals surface area contributed by atoms with Crippen LogP contribution in [0.25, 0.3) is 310 Å². The number of furan rings is 1. The molecule has 0 unspecified atom stereocenters. The molecular formula is C138H81N9OS2. The molecule has 0 bridgehead atoms. The van der Waals surface area contributed by atoms with Crippen LogP contribution >= 0.6 is 22.7 Å². The van der Waals surface area contributed by atoms with Crippen LogP contribution in [-0.4, -0.2) is 43.6 Å². The van der Waals surface area contributed by atoms with Gasteiger partial charge >= 0.3 is 0 Å². The lowest BCUT2D eigenvalue weighted by molar-refractivity contribution is 0.669. The van der Waals surface area contributed by atoms with Gasteiger partial charge in [0.05, 0.1) is 66.7 Å². The highest BCUT2D eigenvalue weighted by molar-refractivity contribution is 7.26. The summed E-state index contributed by atoms with van der Waals surface area (Å²) in [5, 5.41) is 33.1. The van der Waals surface area contributed by atoms with Crippen LogP contribution in [0.5, 0.6) is 0 Å². The fraction of sp³-hybridized carbons (Fsp3) is 0. The summed E-state index contributed by atoms with van der Waals surface area (Å²) < 4.78 is 18.5. The second kappa shape index (κ2) is 34.1. The van der Waals surface area contributed by atoms with Gasteiger partial charge in [0.2, 0.25) is 0 Å². The second-order valence-corrected chi connectivity index (χ2v) is 41.0. The monoisotopic (exact) mass is 1940 g/mol. The Morgan fingerprint density at radius 2 is 0.467 bits per heavy atom. The minimum absolute atomic E-state index is 0.689. The Hall–Kier alpha value is -19.5. The van der Waals surface area contributed by atoms with Crippen molar-refractivity contribution in [2.75, 3.05) is 0 Å². The standard InChI is InChI=1S/C46H27N3O.2C46H27N3S/c1-3-14-33-28(10-1)20-23-39-43(33)44-34-15-4-2-11-29(34)21-24-40(44)49(39)32-13-9-12-31(26-32)46-47-38-18-7-5-17-36(38)45(48-46)30-22-25-42-37(27-30)35-16-6-8-19-41(35)50-42;1-3-15-32-28(11-1)23-25-39-42(32)43-33-16-4-2-12-29(33)24-26-40(43)49(39)31-14-9-13-30(27-31)46-47-38-21-7-5-18-36(38)44(48-46)37-20-10-19-35-34-17-6-8-22-41(34)50-45(35)37;1-3-14-33-28(10-1)20-23-39-43(33)44-34-15-4-2-11-29(34)21-24-40(44)49(39)32-13-9-12-31(26-32)46-47-38-18-7-5-17-36(38)45(48-46)30-22-25-42-37(27-30)35-16-6-8-19-41(35)50-42/h3*1-27H. The molecule has 33 aromatic rings. The molecule has 0 aliphatic rings. The largest absolute Gasteiger partial charge is 0.456 e. The summed E-state index contributed by atoms with van der Waals surface area (Å²) in [6, 6.07) is 176. The van der Waals surface area contributed by atoms with E-state index in [1.54, 1.807) is 0 Å². The SMILES string of the molecule is c1cc(-c2nc(-c3ccc4oc5ccccc5c4c3)c3ccccc3n2)cc(-n2c3ccc4ccccc4c3c3c4ccccc4ccc32)c1.c1cc(-c2nc(-c3ccc4sc5ccccc5c4c3)c3ccccc3n2)cc(-n2c3ccc4ccccc4c3c3c4ccccc4ccc32)c1.c1cc(-c2nc(-c3cccc4c3sc3ccccc34)c3ccccc3n2)cc(-n2c3ccc4ccccc4c3c3c4ccccc4ccc32)c1. The molecule has 12 heteroatoms. The van der Waals surface area contributed by atoms with Crippen LogP contribution in [0.2, 0.25) is 0 Å². The lowest BCUT2D eigenvalue weighted by Crippen LogP contribution is -1.98. The van der Waals surface area contributed by atoms with Crippen LogP contribution in [0.3, 0.4) is 0 Å². The molecule has 0 aliphatic heterocycles. The number of para-hydroxylation sites is 4. The Labute approximate surface area is 865 Å². The Balaban J connectivity index is 0.000000101. The molecule has 0 spiro atoms. The third-order valence-electron chi connectivity index (χ3n) is 30.5. The van der Waals surface area contributed by atoms with Gasteiger partial charge in [-0.1, -0.05) is 352 Å². The normalized spacial score (nSPS) is 12.0. The summed E-state index contributed by atoms with van der Waals surface area (Å²) >= 11 is 3.67. The first kappa shape index (κ1) is 85.0. The van der Waals surface area contributed by atoms with E-state index in [2.05, 4.69) is 487 Å². The van der Waals surface area contributed by atoms with E-state index >= 15 is 0 Å². The Bertz CT molecular complexity index is 10800. The van der Waals surface area contributed by atoms with Gasteiger partial charge in [0, 0.05) is 150 Å². The average Bonchev–Trinajstić information content (AvgIpc) is 1.56. The summed E-state index contributed by atoms with van der Waals surface area (Å²) in [6.45, 7) is 0. The molecule has 9 heterocycles. The Morgan fingerprint density at radius 1 is 0.173 bits per heavy atom. The van der Waals surface area contributed by atoms with Crippen molar-refractivity contribution < 1.29 is 4.42 Å². The second-order valence-electron chi connectivity index (χ2n) is 38.9. The van der Waals surface area contributed by atoms with Crippen LogP contribution in [0, 0.1) is 0 Å². The van der Waals surface area contributed by atoms with E-state index < -0.39 is 0 Å². The molecule has 150 heavy (non-hydrogen) atoms. The van der Waals surface area contributed by atoms with E-state index in [1.807, 2.05) is 40.9 Å². The maximum absolute atomic E-state index is 6.15. The first-order valence-electron chi connectivity index (χ1n) is 50.7. The number of aromatic nitrogens is 9. The number of nitrogens with zero attached hydrogens (tertiary/aromatic N) is 9. The lowest BCUT2D eigenvalue weighted by atomic mass is 10.00. The number of hydrogen-bond donors (Lipinski definition) is 0. The van der Waals surface area contributed by atoms with E-state index in [4.69, 9.17) is 34.3 Å². The molecule has 0 atom stereocenters. The highest BCUT2D eigenvalue weighted by Gasteiger charge is 2.27. The van der Waals surface area contributed by atoms with Crippen molar-refractivity contribution in [3.63, 3.8) is 0 Å². The van der Waals surface area contributed by atoms with Crippen LogP contribution in [-0.2, 0) is 0 Å². The Morgan fingerprint density at radius 3 is 0.873 bits per heavy atom. The molecule has 0 saturated carbocycles. The molecule has 33 rings (SSSR count). The lowest BCUT2D eigenvalue weighted by Gasteiger charge is -2.13. The molecule has 0 N–H and O–H groups in total. The van der Waals surface area contributed by atoms with Gasteiger partial charge in [-0.15, -0.1) is 22.7 Å². The summed E-state index contributed by atoms with van der Waals surface area (Å²) in [7, 11) is 0. The van der Waals surface area contributed by atoms with E-state index in [0.29, 0.717) is 11.6 Å². The molecule has 696 valence electrons. The molecule has 24 aromatic carbocycles. The molecule has 0 saturated heterocycles. The van der Waals surface area contributed by atoms with Crippen molar-refractivity contribution >= 4 is 248 Å². The fourth-order valence-corrected chi connectivity index (χ4v) is 26.1. The molecule has 0 amide bonds. The van der Waals surface area contributed by atoms with Crippen LogP contribution in [0.4, 0.5) is 0 Å². The minimum atomic E-state index is 0.689. The van der Waals surface area contributed by atoms with Crippen molar-refractivity contribution in [1.29, 1.82) is 0 Å². The van der Waals surface area contributed by atoms with Crippen molar-refractivity contribution in [2.24, 2.45) is 0 Å². The molecule has 0 aliphatic carbocycles. The number of thiophene rings is 2. The maximum atomic E-state index is 6.15. The maximum Gasteiger partial charge on any atom is 0.160 e. The minimum Gasteiger partial charge on any atom is -0.456 e. The third kappa shape index (κ3) is 13.6. The summed E-state index contributed by atoms with van der Waals surface area (Å²) in [5.74, 6) is 2.12. The molecule has 0 fully saturated rings. The molecule has 10 nitrogen and oxygen atoms in total. The quantitative estimate of drug-likeness (QED) is 0.142. The molecule has 0 radical (unpaired) electrons. The van der Waals surface area contributed by atoms with Gasteiger partial charge in [0.15, 0.2) is 17.5 Å². The number of rotatable bonds is 9. The van der Waals surface area contributed by atoms with Crippen molar-refractivity contribution in [1.82, 2.24) is 43.6 Å². The van der Waals surface area contributed by atoms with Gasteiger partial charge in [0.1, 0.15) is 11.2 Å². The molecular weight excluding hydrogens is 1860 g/mol. The molecule has 9 aromatic heterocycles. The topological polar surface area (TPSA) is 105 Å². The van der Waals surface area contributed by atoms with E-state index in [1.165, 1.54) is 170 Å². The van der Waals surface area contributed by atoms with Gasteiger partial charge in [-0.3, -0.25) is 0 Å². The zero-order chi connectivity index (χ0) is 98.3. The summed E-state index contributed by atoms with van der Waals surface area (Å²) in [5.41, 5.74) is 23.8. The Kier molecular flexibility index (Phi) is 19.3. The van der Waals surface area contributed by atoms with Gasteiger partial charge in [0.25, 0.3) is 0 Å². The van der Waals surface area contributed by atoms with E-state index in [0.717, 1.165) is 128 Å². The average molecular weight is 1950 g/mol. The summed E-state index contributed by atoms with van der Waals surface area (Å²) in [6.07, 6.45) is 0. The number of hydrogen-bond acceptors (Lipinski definition) is 9. The number of fused-ring (bicyclic) bond motifs is 33.